The van der Waals surface area contributed by atoms with Crippen LogP contribution >= 0.6 is 0 Å². The van der Waals surface area contributed by atoms with E-state index < -0.39 is 45.0 Å². The fourth-order valence-electron chi connectivity index (χ4n) is 3.31. The second-order valence-corrected chi connectivity index (χ2v) is 10.5. The van der Waals surface area contributed by atoms with Crippen molar-refractivity contribution in [3.8, 4) is 11.3 Å². The smallest absolute Gasteiger partial charge is 0.404 e. The van der Waals surface area contributed by atoms with Gasteiger partial charge in [0.2, 0.25) is 5.95 Å². The molecule has 1 unspecified atom stereocenters. The second-order valence-electron chi connectivity index (χ2n) is 8.67. The molecular weight excluding hydrogens is 454 g/mol. The van der Waals surface area contributed by atoms with E-state index in [0.717, 1.165) is 18.6 Å². The number of aryl methyl sites for hydroxylation is 1. The van der Waals surface area contributed by atoms with Gasteiger partial charge in [-0.25, -0.2) is 26.6 Å². The van der Waals surface area contributed by atoms with Crippen LogP contribution in [0.25, 0.3) is 11.3 Å². The van der Waals surface area contributed by atoms with Gasteiger partial charge < -0.3 is 10.4 Å². The summed E-state index contributed by atoms with van der Waals surface area (Å²) in [6.07, 6.45) is 1.89. The lowest BCUT2D eigenvalue weighted by molar-refractivity contribution is 0.174. The molecule has 3 heterocycles. The highest BCUT2D eigenvalue weighted by Gasteiger charge is 2.32. The summed E-state index contributed by atoms with van der Waals surface area (Å²) < 4.78 is 57.6. The molecule has 0 bridgehead atoms. The SMILES string of the molecule is Cc1ccc(S(=O)(=O)n2cc(CC(NC(=O)O)C(C)(C)C)c(F)c2-c2cccnc2F)cn1. The standard InChI is InChI=1S/C22H24F2N4O4S/c1-13-7-8-15(11-26-13)33(31,32)28-12-14(10-17(22(2,3)4)27-21(29)30)18(23)19(28)16-6-5-9-25-20(16)24/h5-9,11-12,17,27H,10H2,1-4H3,(H,29,30). The van der Waals surface area contributed by atoms with Crippen LogP contribution in [-0.2, 0) is 16.4 Å². The molecule has 0 aliphatic heterocycles. The maximum absolute atomic E-state index is 15.7. The maximum Gasteiger partial charge on any atom is 0.404 e. The highest BCUT2D eigenvalue weighted by Crippen LogP contribution is 2.34. The highest BCUT2D eigenvalue weighted by molar-refractivity contribution is 7.90. The normalized spacial score (nSPS) is 13.0. The van der Waals surface area contributed by atoms with Crippen LogP contribution in [0.1, 0.15) is 32.0 Å². The topological polar surface area (TPSA) is 114 Å². The lowest BCUT2D eigenvalue weighted by Crippen LogP contribution is -2.44. The van der Waals surface area contributed by atoms with Crippen molar-refractivity contribution in [1.29, 1.82) is 0 Å². The number of aromatic nitrogens is 3. The van der Waals surface area contributed by atoms with Crippen LogP contribution in [-0.4, -0.2) is 39.6 Å². The first-order valence-electron chi connectivity index (χ1n) is 10.0. The van der Waals surface area contributed by atoms with Gasteiger partial charge in [-0.3, -0.25) is 4.98 Å². The molecule has 0 aliphatic rings. The molecule has 3 aromatic rings. The Balaban J connectivity index is 2.23. The van der Waals surface area contributed by atoms with Crippen molar-refractivity contribution < 1.29 is 27.1 Å². The zero-order valence-corrected chi connectivity index (χ0v) is 19.3. The van der Waals surface area contributed by atoms with Crippen molar-refractivity contribution in [1.82, 2.24) is 19.3 Å². The van der Waals surface area contributed by atoms with Crippen molar-refractivity contribution in [2.45, 2.75) is 45.1 Å². The molecule has 0 spiro atoms. The highest BCUT2D eigenvalue weighted by atomic mass is 32.2. The summed E-state index contributed by atoms with van der Waals surface area (Å²) in [5.74, 6) is -2.03. The Morgan fingerprint density at radius 2 is 1.91 bits per heavy atom. The Morgan fingerprint density at radius 3 is 2.45 bits per heavy atom. The van der Waals surface area contributed by atoms with E-state index in [4.69, 9.17) is 0 Å². The second kappa shape index (κ2) is 8.89. The van der Waals surface area contributed by atoms with Gasteiger partial charge in [-0.05, 0) is 43.0 Å². The van der Waals surface area contributed by atoms with Crippen molar-refractivity contribution in [3.63, 3.8) is 0 Å². The zero-order valence-electron chi connectivity index (χ0n) is 18.5. The number of hydrogen-bond acceptors (Lipinski definition) is 5. The minimum Gasteiger partial charge on any atom is -0.465 e. The first-order chi connectivity index (χ1) is 15.3. The van der Waals surface area contributed by atoms with Gasteiger partial charge in [-0.2, -0.15) is 4.39 Å². The Bertz CT molecular complexity index is 1280. The summed E-state index contributed by atoms with van der Waals surface area (Å²) in [6.45, 7) is 6.97. The van der Waals surface area contributed by atoms with E-state index >= 15 is 4.39 Å². The Kier molecular flexibility index (Phi) is 6.55. The third-order valence-electron chi connectivity index (χ3n) is 5.21. The van der Waals surface area contributed by atoms with E-state index in [1.54, 1.807) is 27.7 Å². The van der Waals surface area contributed by atoms with Crippen molar-refractivity contribution in [2.75, 3.05) is 0 Å². The molecule has 176 valence electrons. The van der Waals surface area contributed by atoms with E-state index in [1.807, 2.05) is 0 Å². The summed E-state index contributed by atoms with van der Waals surface area (Å²) in [7, 11) is -4.36. The molecule has 1 amide bonds. The average Bonchev–Trinajstić information content (AvgIpc) is 3.04. The number of carboxylic acid groups (broad SMARTS) is 1. The summed E-state index contributed by atoms with van der Waals surface area (Å²) in [6, 6.07) is 4.64. The molecule has 0 aliphatic carbocycles. The first kappa shape index (κ1) is 24.3. The lowest BCUT2D eigenvalue weighted by Gasteiger charge is -2.30. The van der Waals surface area contributed by atoms with Crippen molar-refractivity contribution >= 4 is 16.1 Å². The molecular formula is C22H24F2N4O4S. The summed E-state index contributed by atoms with van der Waals surface area (Å²) >= 11 is 0. The van der Waals surface area contributed by atoms with Gasteiger partial charge in [0.15, 0.2) is 5.82 Å². The summed E-state index contributed by atoms with van der Waals surface area (Å²) in [5.41, 5.74) is -1.00. The maximum atomic E-state index is 15.7. The van der Waals surface area contributed by atoms with E-state index in [2.05, 4.69) is 15.3 Å². The molecule has 11 heteroatoms. The van der Waals surface area contributed by atoms with Crippen LogP contribution < -0.4 is 5.32 Å². The first-order valence-corrected chi connectivity index (χ1v) is 11.4. The summed E-state index contributed by atoms with van der Waals surface area (Å²) in [5, 5.41) is 11.5. The van der Waals surface area contributed by atoms with Gasteiger partial charge >= 0.3 is 6.09 Å². The third-order valence-corrected chi connectivity index (χ3v) is 6.85. The molecule has 33 heavy (non-hydrogen) atoms. The van der Waals surface area contributed by atoms with Crippen LogP contribution in [0, 0.1) is 24.1 Å². The number of nitrogens with zero attached hydrogens (tertiary/aromatic N) is 3. The molecule has 0 saturated heterocycles. The number of amides is 1. The number of nitrogens with one attached hydrogen (secondary N) is 1. The van der Waals surface area contributed by atoms with Gasteiger partial charge in [-0.1, -0.05) is 20.8 Å². The fourth-order valence-corrected chi connectivity index (χ4v) is 4.64. The molecule has 3 aromatic heterocycles. The van der Waals surface area contributed by atoms with Gasteiger partial charge in [0.25, 0.3) is 10.0 Å². The molecule has 0 fully saturated rings. The van der Waals surface area contributed by atoms with Gasteiger partial charge in [0, 0.05) is 35.9 Å². The van der Waals surface area contributed by atoms with E-state index in [0.29, 0.717) is 9.67 Å². The Morgan fingerprint density at radius 1 is 1.21 bits per heavy atom. The van der Waals surface area contributed by atoms with Gasteiger partial charge in [0.1, 0.15) is 10.6 Å². The Labute approximate surface area is 190 Å². The minimum atomic E-state index is -4.36. The monoisotopic (exact) mass is 478 g/mol. The van der Waals surface area contributed by atoms with Gasteiger partial charge in [0.05, 0.1) is 5.56 Å². The average molecular weight is 479 g/mol. The van der Waals surface area contributed by atoms with E-state index in [-0.39, 0.29) is 22.4 Å². The molecule has 1 atom stereocenters. The quantitative estimate of drug-likeness (QED) is 0.518. The molecule has 3 rings (SSSR count). The molecule has 2 N–H and O–H groups in total. The molecule has 0 radical (unpaired) electrons. The van der Waals surface area contributed by atoms with Gasteiger partial charge in [-0.15, -0.1) is 0 Å². The fraction of sp³-hybridized carbons (Fsp3) is 0.318. The number of pyridine rings is 2. The number of carbonyl (C=O) groups is 1. The minimum absolute atomic E-state index is 0.0921. The lowest BCUT2D eigenvalue weighted by atomic mass is 9.83. The van der Waals surface area contributed by atoms with Crippen LogP contribution in [0.4, 0.5) is 13.6 Å². The summed E-state index contributed by atoms with van der Waals surface area (Å²) in [4.78, 5) is 18.6. The number of rotatable bonds is 6. The third kappa shape index (κ3) is 5.03. The van der Waals surface area contributed by atoms with E-state index in [9.17, 15) is 22.7 Å². The van der Waals surface area contributed by atoms with Crippen LogP contribution in [0.3, 0.4) is 0 Å². The predicted molar refractivity (Wildman–Crippen MR) is 117 cm³/mol. The zero-order chi connectivity index (χ0) is 24.6. The molecule has 0 saturated carbocycles. The molecule has 0 aromatic carbocycles. The van der Waals surface area contributed by atoms with E-state index in [1.165, 1.54) is 24.3 Å². The van der Waals surface area contributed by atoms with Crippen molar-refractivity contribution in [2.24, 2.45) is 5.41 Å². The predicted octanol–water partition coefficient (Wildman–Crippen LogP) is 3.99. The van der Waals surface area contributed by atoms with Crippen LogP contribution in [0.15, 0.2) is 47.8 Å². The molecule has 8 nitrogen and oxygen atoms in total. The Hall–Kier alpha value is -3.34. The van der Waals surface area contributed by atoms with Crippen LogP contribution in [0.5, 0.6) is 0 Å². The van der Waals surface area contributed by atoms with Crippen LogP contribution in [0.2, 0.25) is 0 Å². The largest absolute Gasteiger partial charge is 0.465 e. The number of hydrogen-bond donors (Lipinski definition) is 2. The van der Waals surface area contributed by atoms with Crippen molar-refractivity contribution in [3.05, 3.63) is 65.9 Å². The number of halogens is 2.